The van der Waals surface area contributed by atoms with Crippen molar-refractivity contribution in [2.24, 2.45) is 0 Å². The highest BCUT2D eigenvalue weighted by Gasteiger charge is 2.27. The molecule has 1 N–H and O–H groups in total. The number of hydrogen-bond donors (Lipinski definition) is 1. The van der Waals surface area contributed by atoms with Gasteiger partial charge in [0.1, 0.15) is 11.6 Å². The first kappa shape index (κ1) is 21.0. The molecular weight excluding hydrogens is 475 g/mol. The van der Waals surface area contributed by atoms with Crippen molar-refractivity contribution in [3.05, 3.63) is 51.7 Å². The summed E-state index contributed by atoms with van der Waals surface area (Å²) in [5, 5.41) is 2.47. The van der Waals surface area contributed by atoms with Crippen LogP contribution in [-0.4, -0.2) is 38.3 Å². The van der Waals surface area contributed by atoms with Crippen molar-refractivity contribution in [3.8, 4) is 5.75 Å². The summed E-state index contributed by atoms with van der Waals surface area (Å²) in [6, 6.07) is 8.34. The topological polar surface area (TPSA) is 75.7 Å². The number of nitrogens with zero attached hydrogens (tertiary/aromatic N) is 1. The average Bonchev–Trinajstić information content (AvgIpc) is 3.18. The molecule has 1 aliphatic rings. The summed E-state index contributed by atoms with van der Waals surface area (Å²) in [6.07, 6.45) is 1.67. The van der Waals surface area contributed by atoms with Crippen LogP contribution in [0.3, 0.4) is 0 Å². The van der Waals surface area contributed by atoms with Crippen molar-refractivity contribution in [1.82, 2.24) is 4.31 Å². The van der Waals surface area contributed by atoms with Gasteiger partial charge < -0.3 is 10.1 Å². The SMILES string of the molecule is O=C(COc1ccc(S(=O)(=O)N2CCCC2)cc1Cl)Nc1ccc(Br)cc1F. The molecule has 3 rings (SSSR count). The van der Waals surface area contributed by atoms with Gasteiger partial charge in [-0.2, -0.15) is 4.31 Å². The number of ether oxygens (including phenoxy) is 1. The fraction of sp³-hybridized carbons (Fsp3) is 0.278. The molecule has 1 amide bonds. The molecular formula is C18H17BrClFN2O4S. The van der Waals surface area contributed by atoms with Crippen LogP contribution >= 0.6 is 27.5 Å². The zero-order valence-electron chi connectivity index (χ0n) is 14.6. The first-order valence-electron chi connectivity index (χ1n) is 8.45. The Morgan fingerprint density at radius 2 is 1.93 bits per heavy atom. The second-order valence-corrected chi connectivity index (χ2v) is 9.43. The highest BCUT2D eigenvalue weighted by molar-refractivity contribution is 9.10. The van der Waals surface area contributed by atoms with Crippen molar-refractivity contribution < 1.29 is 22.3 Å². The Hall–Kier alpha value is -1.68. The molecule has 1 aliphatic heterocycles. The molecule has 0 unspecified atom stereocenters. The zero-order valence-corrected chi connectivity index (χ0v) is 17.8. The number of carbonyl (C=O) groups excluding carboxylic acids is 1. The van der Waals surface area contributed by atoms with Crippen molar-refractivity contribution >= 4 is 49.1 Å². The second-order valence-electron chi connectivity index (χ2n) is 6.16. The van der Waals surface area contributed by atoms with Crippen LogP contribution in [0.4, 0.5) is 10.1 Å². The van der Waals surface area contributed by atoms with Gasteiger partial charge in [-0.25, -0.2) is 12.8 Å². The third-order valence-corrected chi connectivity index (χ3v) is 6.85. The van der Waals surface area contributed by atoms with E-state index in [0.717, 1.165) is 12.8 Å². The Kier molecular flexibility index (Phi) is 6.59. The Bertz CT molecular complexity index is 997. The van der Waals surface area contributed by atoms with E-state index in [1.54, 1.807) is 6.07 Å². The minimum Gasteiger partial charge on any atom is -0.482 e. The summed E-state index contributed by atoms with van der Waals surface area (Å²) >= 11 is 9.26. The Morgan fingerprint density at radius 3 is 2.57 bits per heavy atom. The van der Waals surface area contributed by atoms with Gasteiger partial charge in [0.05, 0.1) is 15.6 Å². The molecule has 1 saturated heterocycles. The molecule has 10 heteroatoms. The van der Waals surface area contributed by atoms with Gasteiger partial charge in [-0.3, -0.25) is 4.79 Å². The zero-order chi connectivity index (χ0) is 20.3. The number of rotatable bonds is 6. The molecule has 0 bridgehead atoms. The molecule has 6 nitrogen and oxygen atoms in total. The molecule has 0 atom stereocenters. The maximum atomic E-state index is 13.8. The predicted molar refractivity (Wildman–Crippen MR) is 108 cm³/mol. The highest BCUT2D eigenvalue weighted by Crippen LogP contribution is 2.30. The molecule has 1 fully saturated rings. The number of hydrogen-bond acceptors (Lipinski definition) is 4. The van der Waals surface area contributed by atoms with Gasteiger partial charge in [-0.05, 0) is 49.2 Å². The lowest BCUT2D eigenvalue weighted by atomic mass is 10.3. The fourth-order valence-electron chi connectivity index (χ4n) is 2.76. The van der Waals surface area contributed by atoms with Gasteiger partial charge in [-0.15, -0.1) is 0 Å². The van der Waals surface area contributed by atoms with Crippen LogP contribution in [0.2, 0.25) is 5.02 Å². The first-order chi connectivity index (χ1) is 13.3. The summed E-state index contributed by atoms with van der Waals surface area (Å²) in [5.74, 6) is -1.00. The van der Waals surface area contributed by atoms with Gasteiger partial charge in [0.15, 0.2) is 6.61 Å². The number of benzene rings is 2. The van der Waals surface area contributed by atoms with E-state index in [1.807, 2.05) is 0 Å². The number of halogens is 3. The normalized spacial score (nSPS) is 14.8. The van der Waals surface area contributed by atoms with Crippen LogP contribution in [0.1, 0.15) is 12.8 Å². The van der Waals surface area contributed by atoms with Crippen molar-refractivity contribution in [2.45, 2.75) is 17.7 Å². The van der Waals surface area contributed by atoms with Crippen molar-refractivity contribution in [3.63, 3.8) is 0 Å². The van der Waals surface area contributed by atoms with Gasteiger partial charge in [0.25, 0.3) is 5.91 Å². The Labute approximate surface area is 175 Å². The average molecular weight is 492 g/mol. The predicted octanol–water partition coefficient (Wildman–Crippen LogP) is 4.04. The summed E-state index contributed by atoms with van der Waals surface area (Å²) in [7, 11) is -3.59. The lowest BCUT2D eigenvalue weighted by molar-refractivity contribution is -0.118. The number of carbonyl (C=O) groups is 1. The fourth-order valence-corrected chi connectivity index (χ4v) is 4.93. The van der Waals surface area contributed by atoms with E-state index in [2.05, 4.69) is 21.2 Å². The smallest absolute Gasteiger partial charge is 0.262 e. The largest absolute Gasteiger partial charge is 0.482 e. The van der Waals surface area contributed by atoms with Gasteiger partial charge >= 0.3 is 0 Å². The Morgan fingerprint density at radius 1 is 1.21 bits per heavy atom. The molecule has 28 heavy (non-hydrogen) atoms. The van der Waals surface area contributed by atoms with Gasteiger partial charge in [0.2, 0.25) is 10.0 Å². The van der Waals surface area contributed by atoms with E-state index >= 15 is 0 Å². The standard InChI is InChI=1S/C18H17BrClFN2O4S/c19-12-3-5-16(15(21)9-12)22-18(24)11-27-17-6-4-13(10-14(17)20)28(25,26)23-7-1-2-8-23/h3-6,9-10H,1-2,7-8,11H2,(H,22,24). The molecule has 1 heterocycles. The molecule has 150 valence electrons. The second kappa shape index (κ2) is 8.77. The monoisotopic (exact) mass is 490 g/mol. The molecule has 0 aromatic heterocycles. The third kappa shape index (κ3) is 4.83. The molecule has 0 aliphatic carbocycles. The van der Waals surface area contributed by atoms with E-state index in [4.69, 9.17) is 16.3 Å². The van der Waals surface area contributed by atoms with E-state index in [-0.39, 0.29) is 21.4 Å². The van der Waals surface area contributed by atoms with Crippen LogP contribution in [-0.2, 0) is 14.8 Å². The summed E-state index contributed by atoms with van der Waals surface area (Å²) in [6.45, 7) is 0.573. The molecule has 0 radical (unpaired) electrons. The van der Waals surface area contributed by atoms with Gasteiger partial charge in [-0.1, -0.05) is 27.5 Å². The van der Waals surface area contributed by atoms with E-state index in [1.165, 1.54) is 34.6 Å². The van der Waals surface area contributed by atoms with Gasteiger partial charge in [0, 0.05) is 17.6 Å². The highest BCUT2D eigenvalue weighted by atomic mass is 79.9. The minimum atomic E-state index is -3.59. The van der Waals surface area contributed by atoms with E-state index in [0.29, 0.717) is 17.6 Å². The maximum absolute atomic E-state index is 13.8. The summed E-state index contributed by atoms with van der Waals surface area (Å²) in [4.78, 5) is 12.1. The van der Waals surface area contributed by atoms with Crippen LogP contribution in [0, 0.1) is 5.82 Å². The first-order valence-corrected chi connectivity index (χ1v) is 11.1. The molecule has 2 aromatic rings. The van der Waals surface area contributed by atoms with E-state index in [9.17, 15) is 17.6 Å². The summed E-state index contributed by atoms with van der Waals surface area (Å²) < 4.78 is 46.2. The minimum absolute atomic E-state index is 0.0231. The number of amides is 1. The van der Waals surface area contributed by atoms with Crippen LogP contribution in [0.5, 0.6) is 5.75 Å². The van der Waals surface area contributed by atoms with Crippen molar-refractivity contribution in [1.29, 1.82) is 0 Å². The van der Waals surface area contributed by atoms with Crippen LogP contribution < -0.4 is 10.1 Å². The van der Waals surface area contributed by atoms with E-state index < -0.39 is 28.4 Å². The molecule has 0 spiro atoms. The lowest BCUT2D eigenvalue weighted by Crippen LogP contribution is -2.27. The number of nitrogens with one attached hydrogen (secondary N) is 1. The molecule has 0 saturated carbocycles. The third-order valence-electron chi connectivity index (χ3n) is 4.17. The number of anilines is 1. The van der Waals surface area contributed by atoms with Crippen molar-refractivity contribution in [2.75, 3.05) is 25.0 Å². The maximum Gasteiger partial charge on any atom is 0.262 e. The lowest BCUT2D eigenvalue weighted by Gasteiger charge is -2.16. The quantitative estimate of drug-likeness (QED) is 0.662. The summed E-state index contributed by atoms with van der Waals surface area (Å²) in [5.41, 5.74) is 0.0231. The van der Waals surface area contributed by atoms with Crippen LogP contribution in [0.15, 0.2) is 45.8 Å². The Balaban J connectivity index is 1.64. The van der Waals surface area contributed by atoms with Crippen LogP contribution in [0.25, 0.3) is 0 Å². The molecule has 2 aromatic carbocycles. The number of sulfonamides is 1.